The van der Waals surface area contributed by atoms with Crippen molar-refractivity contribution < 1.29 is 0 Å². The van der Waals surface area contributed by atoms with Gasteiger partial charge in [-0.15, -0.1) is 22.7 Å². The lowest BCUT2D eigenvalue weighted by Gasteiger charge is -2.00. The largest absolute Gasteiger partial charge is 0.241 e. The maximum absolute atomic E-state index is 4.62. The van der Waals surface area contributed by atoms with E-state index in [9.17, 15) is 0 Å². The average molecular weight is 248 g/mol. The highest BCUT2D eigenvalue weighted by Crippen LogP contribution is 2.37. The van der Waals surface area contributed by atoms with Gasteiger partial charge in [-0.25, -0.2) is 9.97 Å². The van der Waals surface area contributed by atoms with Crippen molar-refractivity contribution in [1.29, 1.82) is 0 Å². The Morgan fingerprint density at radius 3 is 1.56 bits per heavy atom. The Morgan fingerprint density at radius 2 is 1.12 bits per heavy atom. The lowest BCUT2D eigenvalue weighted by molar-refractivity contribution is 1.30. The molecule has 0 radical (unpaired) electrons. The number of hydrogen-bond donors (Lipinski definition) is 0. The van der Waals surface area contributed by atoms with Crippen LogP contribution in [0.1, 0.15) is 21.1 Å². The van der Waals surface area contributed by atoms with E-state index in [-0.39, 0.29) is 0 Å². The molecule has 16 heavy (non-hydrogen) atoms. The van der Waals surface area contributed by atoms with Crippen LogP contribution in [-0.2, 0) is 0 Å². The van der Waals surface area contributed by atoms with Gasteiger partial charge in [0.05, 0.1) is 30.4 Å². The van der Waals surface area contributed by atoms with Crippen LogP contribution in [0, 0.1) is 27.7 Å². The maximum Gasteiger partial charge on any atom is 0.0908 e. The molecule has 2 heterocycles. The minimum Gasteiger partial charge on any atom is -0.241 e. The fourth-order valence-electron chi connectivity index (χ4n) is 2.09. The Bertz CT molecular complexity index is 592. The zero-order valence-electron chi connectivity index (χ0n) is 9.71. The smallest absolute Gasteiger partial charge is 0.0908 e. The molecule has 3 rings (SSSR count). The van der Waals surface area contributed by atoms with Crippen LogP contribution in [0.5, 0.6) is 0 Å². The van der Waals surface area contributed by atoms with Crippen LogP contribution in [0.25, 0.3) is 20.4 Å². The summed E-state index contributed by atoms with van der Waals surface area (Å²) in [6.45, 7) is 8.44. The van der Waals surface area contributed by atoms with Crippen molar-refractivity contribution in [3.8, 4) is 0 Å². The lowest BCUT2D eigenvalue weighted by atomic mass is 10.1. The van der Waals surface area contributed by atoms with Crippen molar-refractivity contribution >= 4 is 43.1 Å². The minimum atomic E-state index is 1.13. The molecule has 0 amide bonds. The minimum absolute atomic E-state index is 1.13. The Labute approximate surface area is 102 Å². The Hall–Kier alpha value is -1.00. The molecule has 1 aromatic carbocycles. The van der Waals surface area contributed by atoms with Gasteiger partial charge >= 0.3 is 0 Å². The highest BCUT2D eigenvalue weighted by molar-refractivity contribution is 7.21. The third-order valence-electron chi connectivity index (χ3n) is 2.86. The van der Waals surface area contributed by atoms with E-state index >= 15 is 0 Å². The summed E-state index contributed by atoms with van der Waals surface area (Å²) in [6.07, 6.45) is 0. The highest BCUT2D eigenvalue weighted by atomic mass is 32.1. The molecule has 2 aromatic heterocycles. The molecule has 0 aliphatic heterocycles. The van der Waals surface area contributed by atoms with Gasteiger partial charge in [-0.1, -0.05) is 0 Å². The first-order valence-corrected chi connectivity index (χ1v) is 6.84. The summed E-state index contributed by atoms with van der Waals surface area (Å²) in [7, 11) is 0. The highest BCUT2D eigenvalue weighted by Gasteiger charge is 2.15. The van der Waals surface area contributed by atoms with E-state index in [4.69, 9.17) is 0 Å². The number of aryl methyl sites for hydroxylation is 4. The molecule has 2 nitrogen and oxygen atoms in total. The quantitative estimate of drug-likeness (QED) is 0.597. The third-order valence-corrected chi connectivity index (χ3v) is 5.04. The topological polar surface area (TPSA) is 25.8 Å². The Morgan fingerprint density at radius 1 is 0.688 bits per heavy atom. The monoisotopic (exact) mass is 248 g/mol. The van der Waals surface area contributed by atoms with Gasteiger partial charge in [0.1, 0.15) is 0 Å². The van der Waals surface area contributed by atoms with Crippen LogP contribution in [0.2, 0.25) is 0 Å². The third kappa shape index (κ3) is 1.23. The second-order valence-corrected chi connectivity index (χ2v) is 6.48. The van der Waals surface area contributed by atoms with Crippen molar-refractivity contribution in [3.05, 3.63) is 21.1 Å². The SMILES string of the molecule is Cc1nc2c(C)c3nc(C)sc3c(C)c2s1. The van der Waals surface area contributed by atoms with Crippen LogP contribution in [0.3, 0.4) is 0 Å². The summed E-state index contributed by atoms with van der Waals surface area (Å²) < 4.78 is 2.65. The second kappa shape index (κ2) is 3.25. The molecule has 0 N–H and O–H groups in total. The molecule has 0 saturated heterocycles. The standard InChI is InChI=1S/C12H12N2S2/c1-5-9-11(15-7(3)13-9)6(2)12-10(5)14-8(4)16-12/h1-4H3. The summed E-state index contributed by atoms with van der Waals surface area (Å²) in [4.78, 5) is 9.23. The number of nitrogens with zero attached hydrogens (tertiary/aromatic N) is 2. The summed E-state index contributed by atoms with van der Waals surface area (Å²) in [5.41, 5.74) is 4.84. The zero-order valence-corrected chi connectivity index (χ0v) is 11.3. The number of benzene rings is 1. The van der Waals surface area contributed by atoms with Gasteiger partial charge in [-0.05, 0) is 33.3 Å². The predicted molar refractivity (Wildman–Crippen MR) is 71.7 cm³/mol. The van der Waals surface area contributed by atoms with Crippen LogP contribution in [0.4, 0.5) is 0 Å². The van der Waals surface area contributed by atoms with E-state index in [0.29, 0.717) is 0 Å². The molecule has 82 valence electrons. The van der Waals surface area contributed by atoms with E-state index in [1.807, 2.05) is 0 Å². The maximum atomic E-state index is 4.62. The molecule has 0 spiro atoms. The van der Waals surface area contributed by atoms with E-state index < -0.39 is 0 Å². The number of thiazole rings is 2. The van der Waals surface area contributed by atoms with Crippen LogP contribution < -0.4 is 0 Å². The summed E-state index contributed by atoms with van der Waals surface area (Å²) in [5.74, 6) is 0. The van der Waals surface area contributed by atoms with Gasteiger partial charge in [0.25, 0.3) is 0 Å². The van der Waals surface area contributed by atoms with Gasteiger partial charge in [0.2, 0.25) is 0 Å². The van der Waals surface area contributed by atoms with Crippen molar-refractivity contribution in [2.45, 2.75) is 27.7 Å². The summed E-state index contributed by atoms with van der Waals surface area (Å²) >= 11 is 3.57. The molecule has 0 saturated carbocycles. The summed E-state index contributed by atoms with van der Waals surface area (Å²) in [5, 5.41) is 2.27. The first-order chi connectivity index (χ1) is 7.58. The van der Waals surface area contributed by atoms with E-state index in [1.54, 1.807) is 22.7 Å². The number of hydrogen-bond acceptors (Lipinski definition) is 4. The van der Waals surface area contributed by atoms with E-state index in [1.165, 1.54) is 20.5 Å². The van der Waals surface area contributed by atoms with Crippen molar-refractivity contribution in [2.75, 3.05) is 0 Å². The molecule has 0 atom stereocenters. The van der Waals surface area contributed by atoms with Gasteiger partial charge < -0.3 is 0 Å². The molecular weight excluding hydrogens is 236 g/mol. The average Bonchev–Trinajstić information content (AvgIpc) is 2.78. The van der Waals surface area contributed by atoms with Gasteiger partial charge in [0.15, 0.2) is 0 Å². The molecule has 3 aromatic rings. The van der Waals surface area contributed by atoms with Gasteiger partial charge in [-0.2, -0.15) is 0 Å². The zero-order chi connectivity index (χ0) is 11.4. The van der Waals surface area contributed by atoms with Crippen LogP contribution in [-0.4, -0.2) is 9.97 Å². The Balaban J connectivity index is 2.63. The molecule has 0 fully saturated rings. The second-order valence-electron chi connectivity index (χ2n) is 4.07. The van der Waals surface area contributed by atoms with Crippen LogP contribution >= 0.6 is 22.7 Å². The molecule has 0 unspecified atom stereocenters. The molecule has 0 bridgehead atoms. The first-order valence-electron chi connectivity index (χ1n) is 5.21. The normalized spacial score (nSPS) is 11.8. The predicted octanol–water partition coefficient (Wildman–Crippen LogP) is 4.14. The van der Waals surface area contributed by atoms with Crippen molar-refractivity contribution in [3.63, 3.8) is 0 Å². The van der Waals surface area contributed by atoms with Crippen molar-refractivity contribution in [2.24, 2.45) is 0 Å². The molecule has 0 aliphatic carbocycles. The van der Waals surface area contributed by atoms with Gasteiger partial charge in [0, 0.05) is 5.56 Å². The molecule has 0 aliphatic rings. The molecule has 4 heteroatoms. The number of aromatic nitrogens is 2. The summed E-state index contributed by atoms with van der Waals surface area (Å²) in [6, 6.07) is 0. The van der Waals surface area contributed by atoms with Crippen molar-refractivity contribution in [1.82, 2.24) is 9.97 Å². The van der Waals surface area contributed by atoms with Gasteiger partial charge in [-0.3, -0.25) is 0 Å². The number of rotatable bonds is 0. The Kier molecular flexibility index (Phi) is 2.06. The fraction of sp³-hybridized carbons (Fsp3) is 0.333. The first kappa shape index (κ1) is 10.2. The molecular formula is C12H12N2S2. The van der Waals surface area contributed by atoms with E-state index in [2.05, 4.69) is 37.7 Å². The lowest BCUT2D eigenvalue weighted by Crippen LogP contribution is -1.83. The fourth-order valence-corrected chi connectivity index (χ4v) is 4.12. The number of fused-ring (bicyclic) bond motifs is 2. The van der Waals surface area contributed by atoms with E-state index in [0.717, 1.165) is 21.0 Å². The van der Waals surface area contributed by atoms with Crippen LogP contribution in [0.15, 0.2) is 0 Å².